The SMILES string of the molecule is CC(C)Oc1cc(OCCN(C)C)ccc1Nc1cccc2c1C(=O)N(C1CCC(=O)NC1=O)C2=O. The Balaban J connectivity index is 1.62. The third kappa shape index (κ3) is 5.18. The maximum Gasteiger partial charge on any atom is 0.264 e. The van der Waals surface area contributed by atoms with Gasteiger partial charge in [0.1, 0.15) is 24.1 Å². The van der Waals surface area contributed by atoms with Gasteiger partial charge in [0.2, 0.25) is 11.8 Å². The standard InChI is InChI=1S/C26H30N4O6/c1-15(2)36-21-14-16(35-13-12-29(3)4)8-9-18(21)27-19-7-5-6-17-23(19)26(34)30(25(17)33)20-10-11-22(31)28-24(20)32/h5-9,14-15,20,27H,10-13H2,1-4H3,(H,28,31,32). The molecule has 1 unspecified atom stereocenters. The molecule has 10 heteroatoms. The zero-order valence-electron chi connectivity index (χ0n) is 20.8. The minimum atomic E-state index is -1.03. The first-order valence-corrected chi connectivity index (χ1v) is 11.9. The van der Waals surface area contributed by atoms with E-state index in [-0.39, 0.29) is 30.1 Å². The predicted molar refractivity (Wildman–Crippen MR) is 133 cm³/mol. The number of imide groups is 2. The van der Waals surface area contributed by atoms with Crippen LogP contribution in [0.5, 0.6) is 11.5 Å². The van der Waals surface area contributed by atoms with E-state index in [1.165, 1.54) is 0 Å². The van der Waals surface area contributed by atoms with E-state index in [0.717, 1.165) is 11.4 Å². The van der Waals surface area contributed by atoms with E-state index < -0.39 is 29.7 Å². The minimum Gasteiger partial charge on any atom is -0.492 e. The van der Waals surface area contributed by atoms with Crippen molar-refractivity contribution in [3.63, 3.8) is 0 Å². The first kappa shape index (κ1) is 25.2. The fraction of sp³-hybridized carbons (Fsp3) is 0.385. The molecule has 0 aliphatic carbocycles. The van der Waals surface area contributed by atoms with Gasteiger partial charge in [0, 0.05) is 19.0 Å². The van der Waals surface area contributed by atoms with Gasteiger partial charge in [0.05, 0.1) is 28.6 Å². The van der Waals surface area contributed by atoms with Crippen molar-refractivity contribution in [2.45, 2.75) is 38.8 Å². The van der Waals surface area contributed by atoms with Crippen molar-refractivity contribution < 1.29 is 28.7 Å². The highest BCUT2D eigenvalue weighted by atomic mass is 16.5. The molecule has 0 spiro atoms. The molecule has 36 heavy (non-hydrogen) atoms. The molecule has 2 aliphatic rings. The topological polar surface area (TPSA) is 117 Å². The molecule has 4 amide bonds. The summed E-state index contributed by atoms with van der Waals surface area (Å²) in [5, 5.41) is 5.44. The average molecular weight is 495 g/mol. The van der Waals surface area contributed by atoms with Crippen LogP contribution in [-0.4, -0.2) is 72.8 Å². The van der Waals surface area contributed by atoms with Crippen molar-refractivity contribution in [1.29, 1.82) is 0 Å². The molecule has 2 N–H and O–H groups in total. The van der Waals surface area contributed by atoms with Crippen LogP contribution in [0.1, 0.15) is 47.4 Å². The minimum absolute atomic E-state index is 0.0633. The zero-order chi connectivity index (χ0) is 26.0. The van der Waals surface area contributed by atoms with E-state index in [2.05, 4.69) is 10.6 Å². The Bertz CT molecular complexity index is 1210. The molecule has 0 aromatic heterocycles. The fourth-order valence-corrected chi connectivity index (χ4v) is 4.16. The van der Waals surface area contributed by atoms with Crippen LogP contribution in [0.4, 0.5) is 11.4 Å². The number of carbonyl (C=O) groups is 4. The van der Waals surface area contributed by atoms with Crippen LogP contribution in [0.25, 0.3) is 0 Å². The largest absolute Gasteiger partial charge is 0.492 e. The van der Waals surface area contributed by atoms with Gasteiger partial charge in [-0.05, 0) is 58.6 Å². The Morgan fingerprint density at radius 1 is 1.08 bits per heavy atom. The summed E-state index contributed by atoms with van der Waals surface area (Å²) in [6.45, 7) is 5.09. The van der Waals surface area contributed by atoms with E-state index in [4.69, 9.17) is 9.47 Å². The molecule has 2 aromatic carbocycles. The van der Waals surface area contributed by atoms with Crippen molar-refractivity contribution in [2.75, 3.05) is 32.6 Å². The van der Waals surface area contributed by atoms with Gasteiger partial charge < -0.3 is 19.7 Å². The molecular weight excluding hydrogens is 464 g/mol. The molecule has 1 saturated heterocycles. The number of anilines is 2. The summed E-state index contributed by atoms with van der Waals surface area (Å²) in [4.78, 5) is 53.4. The summed E-state index contributed by atoms with van der Waals surface area (Å²) >= 11 is 0. The lowest BCUT2D eigenvalue weighted by atomic mass is 10.0. The summed E-state index contributed by atoms with van der Waals surface area (Å²) in [7, 11) is 3.94. The molecule has 1 atom stereocenters. The summed E-state index contributed by atoms with van der Waals surface area (Å²) in [6, 6.07) is 9.27. The van der Waals surface area contributed by atoms with Crippen molar-refractivity contribution in [1.82, 2.24) is 15.1 Å². The first-order valence-electron chi connectivity index (χ1n) is 11.9. The number of hydrogen-bond donors (Lipinski definition) is 2. The number of amides is 4. The molecule has 190 valence electrons. The smallest absolute Gasteiger partial charge is 0.264 e. The number of piperidine rings is 1. The molecule has 4 rings (SSSR count). The third-order valence-corrected chi connectivity index (χ3v) is 5.86. The molecule has 2 aromatic rings. The van der Waals surface area contributed by atoms with Gasteiger partial charge >= 0.3 is 0 Å². The van der Waals surface area contributed by atoms with Crippen LogP contribution in [-0.2, 0) is 9.59 Å². The average Bonchev–Trinajstić information content (AvgIpc) is 3.06. The Labute approximate surface area is 209 Å². The molecule has 1 fully saturated rings. The maximum absolute atomic E-state index is 13.4. The Hall–Kier alpha value is -3.92. The second-order valence-electron chi connectivity index (χ2n) is 9.28. The van der Waals surface area contributed by atoms with Crippen LogP contribution in [0.15, 0.2) is 36.4 Å². The lowest BCUT2D eigenvalue weighted by Crippen LogP contribution is -2.54. The monoisotopic (exact) mass is 494 g/mol. The number of likely N-dealkylation sites (N-methyl/N-ethyl adjacent to an activating group) is 1. The van der Waals surface area contributed by atoms with E-state index in [1.807, 2.05) is 32.8 Å². The van der Waals surface area contributed by atoms with Crippen molar-refractivity contribution in [3.05, 3.63) is 47.5 Å². The Morgan fingerprint density at radius 3 is 2.56 bits per heavy atom. The highest BCUT2D eigenvalue weighted by Gasteiger charge is 2.45. The Kier molecular flexibility index (Phi) is 7.25. The number of nitrogens with zero attached hydrogens (tertiary/aromatic N) is 2. The summed E-state index contributed by atoms with van der Waals surface area (Å²) < 4.78 is 11.8. The van der Waals surface area contributed by atoms with E-state index in [0.29, 0.717) is 29.5 Å². The number of nitrogens with one attached hydrogen (secondary N) is 2. The zero-order valence-corrected chi connectivity index (χ0v) is 20.8. The fourth-order valence-electron chi connectivity index (χ4n) is 4.16. The second kappa shape index (κ2) is 10.4. The van der Waals surface area contributed by atoms with Gasteiger partial charge in [-0.2, -0.15) is 0 Å². The van der Waals surface area contributed by atoms with Crippen LogP contribution in [0.3, 0.4) is 0 Å². The van der Waals surface area contributed by atoms with Gasteiger partial charge in [-0.3, -0.25) is 29.4 Å². The number of carbonyl (C=O) groups excluding carboxylic acids is 4. The number of fused-ring (bicyclic) bond motifs is 1. The number of benzene rings is 2. The van der Waals surface area contributed by atoms with Crippen LogP contribution in [0, 0.1) is 0 Å². The normalized spacial score (nSPS) is 17.5. The molecular formula is C26H30N4O6. The van der Waals surface area contributed by atoms with Gasteiger partial charge in [0.15, 0.2) is 0 Å². The maximum atomic E-state index is 13.4. The second-order valence-corrected chi connectivity index (χ2v) is 9.28. The van der Waals surface area contributed by atoms with E-state index >= 15 is 0 Å². The lowest BCUT2D eigenvalue weighted by Gasteiger charge is -2.27. The van der Waals surface area contributed by atoms with Crippen LogP contribution < -0.4 is 20.1 Å². The predicted octanol–water partition coefficient (Wildman–Crippen LogP) is 2.56. The van der Waals surface area contributed by atoms with Gasteiger partial charge in [-0.1, -0.05) is 6.07 Å². The molecule has 10 nitrogen and oxygen atoms in total. The summed E-state index contributed by atoms with van der Waals surface area (Å²) in [6.07, 6.45) is 0.0456. The third-order valence-electron chi connectivity index (χ3n) is 5.86. The molecule has 2 aliphatic heterocycles. The van der Waals surface area contributed by atoms with E-state index in [1.54, 1.807) is 36.4 Å². The van der Waals surface area contributed by atoms with Crippen LogP contribution in [0.2, 0.25) is 0 Å². The van der Waals surface area contributed by atoms with Crippen molar-refractivity contribution in [2.24, 2.45) is 0 Å². The molecule has 0 radical (unpaired) electrons. The number of hydrogen-bond acceptors (Lipinski definition) is 8. The van der Waals surface area contributed by atoms with Crippen molar-refractivity contribution in [3.8, 4) is 11.5 Å². The number of rotatable bonds is 9. The lowest BCUT2D eigenvalue weighted by molar-refractivity contribution is -0.136. The first-order chi connectivity index (χ1) is 17.2. The molecule has 0 saturated carbocycles. The van der Waals surface area contributed by atoms with Gasteiger partial charge in [0.25, 0.3) is 11.8 Å². The molecule has 0 bridgehead atoms. The van der Waals surface area contributed by atoms with E-state index in [9.17, 15) is 19.2 Å². The quantitative estimate of drug-likeness (QED) is 0.511. The van der Waals surface area contributed by atoms with Gasteiger partial charge in [-0.15, -0.1) is 0 Å². The summed E-state index contributed by atoms with van der Waals surface area (Å²) in [5.74, 6) is -1.02. The summed E-state index contributed by atoms with van der Waals surface area (Å²) in [5.41, 5.74) is 1.38. The van der Waals surface area contributed by atoms with Crippen molar-refractivity contribution >= 4 is 35.0 Å². The number of ether oxygens (including phenoxy) is 2. The van der Waals surface area contributed by atoms with Crippen LogP contribution >= 0.6 is 0 Å². The van der Waals surface area contributed by atoms with Gasteiger partial charge in [-0.25, -0.2) is 0 Å². The highest BCUT2D eigenvalue weighted by molar-refractivity contribution is 6.25. The Morgan fingerprint density at radius 2 is 1.86 bits per heavy atom. The highest BCUT2D eigenvalue weighted by Crippen LogP contribution is 2.37. The molecule has 2 heterocycles.